The summed E-state index contributed by atoms with van der Waals surface area (Å²) in [4.78, 5) is 12.3. The van der Waals surface area contributed by atoms with E-state index in [4.69, 9.17) is 9.47 Å². The molecule has 3 aromatic carbocycles. The van der Waals surface area contributed by atoms with E-state index in [-0.39, 0.29) is 12.5 Å². The van der Waals surface area contributed by atoms with E-state index in [0.29, 0.717) is 18.2 Å². The Balaban J connectivity index is 1.45. The van der Waals surface area contributed by atoms with Gasteiger partial charge in [0.05, 0.1) is 6.61 Å². The van der Waals surface area contributed by atoms with Crippen molar-refractivity contribution in [3.8, 4) is 11.5 Å². The topological polar surface area (TPSA) is 47.6 Å². The van der Waals surface area contributed by atoms with Crippen LogP contribution in [0.4, 0.5) is 5.69 Å². The van der Waals surface area contributed by atoms with Crippen LogP contribution in [-0.2, 0) is 11.2 Å². The fourth-order valence-electron chi connectivity index (χ4n) is 3.15. The van der Waals surface area contributed by atoms with Crippen molar-refractivity contribution in [1.29, 1.82) is 0 Å². The quantitative estimate of drug-likeness (QED) is 0.463. The van der Waals surface area contributed by atoms with Crippen LogP contribution >= 0.6 is 0 Å². The molecule has 1 unspecified atom stereocenters. The highest BCUT2D eigenvalue weighted by Crippen LogP contribution is 2.28. The molecular formula is C26H29NO3. The summed E-state index contributed by atoms with van der Waals surface area (Å²) >= 11 is 0. The average Bonchev–Trinajstić information content (AvgIpc) is 2.79. The van der Waals surface area contributed by atoms with Gasteiger partial charge in [0.1, 0.15) is 11.5 Å². The van der Waals surface area contributed by atoms with Gasteiger partial charge in [-0.15, -0.1) is 0 Å². The highest BCUT2D eigenvalue weighted by molar-refractivity contribution is 5.91. The maximum atomic E-state index is 12.3. The Kier molecular flexibility index (Phi) is 7.90. The van der Waals surface area contributed by atoms with E-state index in [9.17, 15) is 4.79 Å². The van der Waals surface area contributed by atoms with Crippen LogP contribution in [0.1, 0.15) is 37.3 Å². The zero-order valence-electron chi connectivity index (χ0n) is 17.6. The largest absolute Gasteiger partial charge is 0.493 e. The maximum absolute atomic E-state index is 12.3. The first-order valence-electron chi connectivity index (χ1n) is 10.4. The zero-order valence-corrected chi connectivity index (χ0v) is 17.6. The third kappa shape index (κ3) is 6.38. The van der Waals surface area contributed by atoms with E-state index in [1.807, 2.05) is 60.7 Å². The van der Waals surface area contributed by atoms with Gasteiger partial charge in [-0.3, -0.25) is 4.79 Å². The molecule has 3 aromatic rings. The number of nitrogens with one attached hydrogen (secondary N) is 1. The molecule has 4 nitrogen and oxygen atoms in total. The molecule has 0 radical (unpaired) electrons. The van der Waals surface area contributed by atoms with Crippen LogP contribution in [0.25, 0.3) is 0 Å². The molecule has 30 heavy (non-hydrogen) atoms. The second kappa shape index (κ2) is 11.1. The number of hydrogen-bond donors (Lipinski definition) is 1. The standard InChI is InChI=1S/C26H29NO3/c1-3-20(2)24-11-7-8-12-25(24)30-19-26(28)27-22-13-15-23(16-14-22)29-18-17-21-9-5-4-6-10-21/h4-16,20H,3,17-19H2,1-2H3,(H,27,28). The minimum atomic E-state index is -0.188. The molecule has 0 saturated heterocycles. The van der Waals surface area contributed by atoms with Crippen molar-refractivity contribution in [3.63, 3.8) is 0 Å². The Hall–Kier alpha value is -3.27. The Bertz CT molecular complexity index is 923. The number of benzene rings is 3. The monoisotopic (exact) mass is 403 g/mol. The first-order chi connectivity index (χ1) is 14.7. The van der Waals surface area contributed by atoms with E-state index < -0.39 is 0 Å². The highest BCUT2D eigenvalue weighted by Gasteiger charge is 2.11. The average molecular weight is 404 g/mol. The second-order valence-electron chi connectivity index (χ2n) is 7.29. The molecule has 0 spiro atoms. The van der Waals surface area contributed by atoms with Crippen LogP contribution in [0.3, 0.4) is 0 Å². The molecule has 3 rings (SSSR count). The summed E-state index contributed by atoms with van der Waals surface area (Å²) in [6, 6.07) is 25.5. The number of rotatable bonds is 10. The van der Waals surface area contributed by atoms with Crippen LogP contribution in [0.15, 0.2) is 78.9 Å². The maximum Gasteiger partial charge on any atom is 0.262 e. The van der Waals surface area contributed by atoms with E-state index in [0.717, 1.165) is 29.9 Å². The Morgan fingerprint density at radius 2 is 1.60 bits per heavy atom. The van der Waals surface area contributed by atoms with Gasteiger partial charge in [-0.2, -0.15) is 0 Å². The van der Waals surface area contributed by atoms with Crippen molar-refractivity contribution in [2.24, 2.45) is 0 Å². The van der Waals surface area contributed by atoms with E-state index >= 15 is 0 Å². The van der Waals surface area contributed by atoms with Crippen LogP contribution < -0.4 is 14.8 Å². The molecule has 0 aliphatic heterocycles. The van der Waals surface area contributed by atoms with Gasteiger partial charge in [-0.05, 0) is 53.8 Å². The number of carbonyl (C=O) groups is 1. The van der Waals surface area contributed by atoms with Crippen molar-refractivity contribution in [2.45, 2.75) is 32.6 Å². The van der Waals surface area contributed by atoms with Crippen molar-refractivity contribution in [2.75, 3.05) is 18.5 Å². The molecular weight excluding hydrogens is 374 g/mol. The molecule has 156 valence electrons. The number of anilines is 1. The SMILES string of the molecule is CCC(C)c1ccccc1OCC(=O)Nc1ccc(OCCc2ccccc2)cc1. The van der Waals surface area contributed by atoms with E-state index in [1.54, 1.807) is 0 Å². The Morgan fingerprint density at radius 1 is 0.900 bits per heavy atom. The normalized spacial score (nSPS) is 11.5. The second-order valence-corrected chi connectivity index (χ2v) is 7.29. The lowest BCUT2D eigenvalue weighted by atomic mass is 9.98. The van der Waals surface area contributed by atoms with Gasteiger partial charge >= 0.3 is 0 Å². The number of amides is 1. The molecule has 0 aromatic heterocycles. The molecule has 1 N–H and O–H groups in total. The summed E-state index contributed by atoms with van der Waals surface area (Å²) < 4.78 is 11.6. The van der Waals surface area contributed by atoms with Crippen molar-refractivity contribution < 1.29 is 14.3 Å². The van der Waals surface area contributed by atoms with Crippen LogP contribution in [0, 0.1) is 0 Å². The van der Waals surface area contributed by atoms with Crippen molar-refractivity contribution >= 4 is 11.6 Å². The number of carbonyl (C=O) groups excluding carboxylic acids is 1. The zero-order chi connectivity index (χ0) is 21.2. The van der Waals surface area contributed by atoms with Crippen molar-refractivity contribution in [3.05, 3.63) is 90.0 Å². The smallest absolute Gasteiger partial charge is 0.262 e. The molecule has 1 amide bonds. The lowest BCUT2D eigenvalue weighted by Gasteiger charge is -2.15. The summed E-state index contributed by atoms with van der Waals surface area (Å²) in [7, 11) is 0. The third-order valence-corrected chi connectivity index (χ3v) is 5.06. The number of ether oxygens (including phenoxy) is 2. The summed E-state index contributed by atoms with van der Waals surface area (Å²) in [5.41, 5.74) is 3.09. The van der Waals surface area contributed by atoms with Crippen LogP contribution in [0.2, 0.25) is 0 Å². The van der Waals surface area contributed by atoms with Gasteiger partial charge in [0.15, 0.2) is 6.61 Å². The summed E-state index contributed by atoms with van der Waals surface area (Å²) in [6.45, 7) is 4.89. The fraction of sp³-hybridized carbons (Fsp3) is 0.269. The Labute approximate surface area is 178 Å². The summed E-state index contributed by atoms with van der Waals surface area (Å²) in [6.07, 6.45) is 1.88. The van der Waals surface area contributed by atoms with Gasteiger partial charge in [0.25, 0.3) is 5.91 Å². The van der Waals surface area contributed by atoms with Gasteiger partial charge in [0.2, 0.25) is 0 Å². The lowest BCUT2D eigenvalue weighted by Crippen LogP contribution is -2.20. The van der Waals surface area contributed by atoms with Gasteiger partial charge in [-0.1, -0.05) is 62.4 Å². The van der Waals surface area contributed by atoms with Crippen LogP contribution in [0.5, 0.6) is 11.5 Å². The van der Waals surface area contributed by atoms with Gasteiger partial charge in [-0.25, -0.2) is 0 Å². The molecule has 4 heteroatoms. The summed E-state index contributed by atoms with van der Waals surface area (Å²) in [5, 5.41) is 2.86. The first kappa shape index (κ1) is 21.4. The summed E-state index contributed by atoms with van der Waals surface area (Å²) in [5.74, 6) is 1.75. The minimum absolute atomic E-state index is 0.0250. The lowest BCUT2D eigenvalue weighted by molar-refractivity contribution is -0.118. The number of para-hydroxylation sites is 1. The molecule has 0 aliphatic rings. The first-order valence-corrected chi connectivity index (χ1v) is 10.4. The number of hydrogen-bond acceptors (Lipinski definition) is 3. The third-order valence-electron chi connectivity index (χ3n) is 5.06. The van der Waals surface area contributed by atoms with Crippen LogP contribution in [-0.4, -0.2) is 19.1 Å². The minimum Gasteiger partial charge on any atom is -0.493 e. The van der Waals surface area contributed by atoms with Gasteiger partial charge in [0, 0.05) is 12.1 Å². The fourth-order valence-corrected chi connectivity index (χ4v) is 3.15. The molecule has 0 bridgehead atoms. The predicted molar refractivity (Wildman–Crippen MR) is 121 cm³/mol. The molecule has 0 aliphatic carbocycles. The van der Waals surface area contributed by atoms with E-state index in [1.165, 1.54) is 5.56 Å². The highest BCUT2D eigenvalue weighted by atomic mass is 16.5. The predicted octanol–water partition coefficient (Wildman–Crippen LogP) is 5.84. The molecule has 1 atom stereocenters. The van der Waals surface area contributed by atoms with Gasteiger partial charge < -0.3 is 14.8 Å². The molecule has 0 saturated carbocycles. The molecule has 0 heterocycles. The van der Waals surface area contributed by atoms with Crippen molar-refractivity contribution in [1.82, 2.24) is 0 Å². The Morgan fingerprint density at radius 3 is 2.33 bits per heavy atom. The molecule has 0 fully saturated rings. The van der Waals surface area contributed by atoms with E-state index in [2.05, 4.69) is 37.4 Å².